The Hall–Kier alpha value is -1.51. The van der Waals surface area contributed by atoms with Gasteiger partial charge in [-0.05, 0) is 30.5 Å². The summed E-state index contributed by atoms with van der Waals surface area (Å²) in [7, 11) is 1.37. The first-order valence-electron chi connectivity index (χ1n) is 5.69. The second-order valence-corrected chi connectivity index (χ2v) is 5.15. The first-order valence-corrected chi connectivity index (χ1v) is 5.69. The molecule has 17 heavy (non-hydrogen) atoms. The third-order valence-corrected chi connectivity index (χ3v) is 2.79. The van der Waals surface area contributed by atoms with E-state index in [1.807, 2.05) is 13.0 Å². The highest BCUT2D eigenvalue weighted by atomic mass is 16.5. The van der Waals surface area contributed by atoms with Crippen molar-refractivity contribution < 1.29 is 14.3 Å². The van der Waals surface area contributed by atoms with Gasteiger partial charge in [-0.25, -0.2) is 4.79 Å². The van der Waals surface area contributed by atoms with Crippen LogP contribution in [0.2, 0.25) is 0 Å². The molecule has 1 aromatic rings. The minimum Gasteiger partial charge on any atom is -0.490 e. The predicted molar refractivity (Wildman–Crippen MR) is 67.3 cm³/mol. The van der Waals surface area contributed by atoms with Crippen LogP contribution >= 0.6 is 0 Å². The number of ether oxygens (including phenoxy) is 2. The van der Waals surface area contributed by atoms with Crippen molar-refractivity contribution in [3.63, 3.8) is 0 Å². The van der Waals surface area contributed by atoms with Gasteiger partial charge >= 0.3 is 5.97 Å². The number of rotatable bonds is 3. The van der Waals surface area contributed by atoms with E-state index in [9.17, 15) is 4.79 Å². The van der Waals surface area contributed by atoms with Gasteiger partial charge in [0.1, 0.15) is 11.9 Å². The fourth-order valence-electron chi connectivity index (χ4n) is 1.20. The summed E-state index contributed by atoms with van der Waals surface area (Å²) in [5.74, 6) is 0.342. The maximum absolute atomic E-state index is 11.4. The smallest absolute Gasteiger partial charge is 0.337 e. The molecule has 0 radical (unpaired) electrons. The van der Waals surface area contributed by atoms with Crippen molar-refractivity contribution >= 4 is 5.97 Å². The molecule has 0 N–H and O–H groups in total. The van der Waals surface area contributed by atoms with E-state index in [1.54, 1.807) is 18.2 Å². The maximum Gasteiger partial charge on any atom is 0.337 e. The lowest BCUT2D eigenvalue weighted by atomic mass is 9.90. The highest BCUT2D eigenvalue weighted by molar-refractivity contribution is 5.89. The van der Waals surface area contributed by atoms with Crippen LogP contribution in [0.4, 0.5) is 0 Å². The molecule has 0 spiro atoms. The first-order chi connectivity index (χ1) is 7.84. The molecule has 94 valence electrons. The zero-order valence-electron chi connectivity index (χ0n) is 11.1. The van der Waals surface area contributed by atoms with E-state index in [4.69, 9.17) is 4.74 Å². The molecule has 0 aliphatic carbocycles. The van der Waals surface area contributed by atoms with E-state index in [1.165, 1.54) is 7.11 Å². The Balaban J connectivity index is 2.83. The topological polar surface area (TPSA) is 35.5 Å². The van der Waals surface area contributed by atoms with Gasteiger partial charge in [-0.1, -0.05) is 26.8 Å². The Kier molecular flexibility index (Phi) is 4.16. The number of hydrogen-bond donors (Lipinski definition) is 0. The van der Waals surface area contributed by atoms with Gasteiger partial charge in [-0.3, -0.25) is 0 Å². The zero-order valence-corrected chi connectivity index (χ0v) is 11.1. The van der Waals surface area contributed by atoms with E-state index < -0.39 is 0 Å². The van der Waals surface area contributed by atoms with Crippen LogP contribution in [0.1, 0.15) is 38.1 Å². The molecule has 0 aliphatic rings. The van der Waals surface area contributed by atoms with E-state index in [2.05, 4.69) is 25.5 Å². The summed E-state index contributed by atoms with van der Waals surface area (Å²) >= 11 is 0. The van der Waals surface area contributed by atoms with Gasteiger partial charge in [-0.15, -0.1) is 0 Å². The van der Waals surface area contributed by atoms with Crippen LogP contribution < -0.4 is 4.74 Å². The number of hydrogen-bond acceptors (Lipinski definition) is 3. The fraction of sp³-hybridized carbons (Fsp3) is 0.500. The van der Waals surface area contributed by atoms with E-state index in [-0.39, 0.29) is 17.5 Å². The van der Waals surface area contributed by atoms with E-state index >= 15 is 0 Å². The summed E-state index contributed by atoms with van der Waals surface area (Å²) in [6.45, 7) is 8.36. The number of benzene rings is 1. The molecule has 3 nitrogen and oxygen atoms in total. The third-order valence-electron chi connectivity index (χ3n) is 2.79. The largest absolute Gasteiger partial charge is 0.490 e. The van der Waals surface area contributed by atoms with Crippen LogP contribution in [0.25, 0.3) is 0 Å². The molecule has 1 rings (SSSR count). The Morgan fingerprint density at radius 1 is 1.29 bits per heavy atom. The Morgan fingerprint density at radius 2 is 1.94 bits per heavy atom. The molecule has 3 heteroatoms. The quantitative estimate of drug-likeness (QED) is 0.755. The minimum absolute atomic E-state index is 0.0568. The molecule has 0 fully saturated rings. The van der Waals surface area contributed by atoms with Gasteiger partial charge < -0.3 is 9.47 Å². The summed E-state index contributed by atoms with van der Waals surface area (Å²) in [6, 6.07) is 7.04. The van der Waals surface area contributed by atoms with E-state index in [0.717, 1.165) is 0 Å². The van der Waals surface area contributed by atoms with Gasteiger partial charge in [0.25, 0.3) is 0 Å². The normalized spacial score (nSPS) is 13.0. The number of esters is 1. The van der Waals surface area contributed by atoms with Gasteiger partial charge in [0.05, 0.1) is 12.7 Å². The molecular formula is C14H20O3. The predicted octanol–water partition coefficient (Wildman–Crippen LogP) is 3.29. The van der Waals surface area contributed by atoms with E-state index in [0.29, 0.717) is 11.3 Å². The molecule has 0 bridgehead atoms. The molecule has 0 saturated heterocycles. The second-order valence-electron chi connectivity index (χ2n) is 5.15. The lowest BCUT2D eigenvalue weighted by Crippen LogP contribution is -2.28. The van der Waals surface area contributed by atoms with Gasteiger partial charge in [0, 0.05) is 0 Å². The van der Waals surface area contributed by atoms with Crippen LogP contribution in [0.3, 0.4) is 0 Å². The van der Waals surface area contributed by atoms with Crippen LogP contribution in [0.5, 0.6) is 5.75 Å². The summed E-state index contributed by atoms with van der Waals surface area (Å²) in [6.07, 6.45) is 0.0652. The van der Waals surface area contributed by atoms with Crippen molar-refractivity contribution in [1.82, 2.24) is 0 Å². The number of carbonyl (C=O) groups excluding carboxylic acids is 1. The summed E-state index contributed by atoms with van der Waals surface area (Å²) < 4.78 is 10.5. The van der Waals surface area contributed by atoms with Crippen LogP contribution in [-0.4, -0.2) is 19.2 Å². The zero-order chi connectivity index (χ0) is 13.1. The third kappa shape index (κ3) is 3.77. The average Bonchev–Trinajstić information content (AvgIpc) is 2.27. The fourth-order valence-corrected chi connectivity index (χ4v) is 1.20. The van der Waals surface area contributed by atoms with Crippen molar-refractivity contribution in [3.05, 3.63) is 29.8 Å². The summed E-state index contributed by atoms with van der Waals surface area (Å²) in [4.78, 5) is 11.4. The first kappa shape index (κ1) is 13.6. The van der Waals surface area contributed by atoms with Crippen molar-refractivity contribution in [2.24, 2.45) is 5.41 Å². The van der Waals surface area contributed by atoms with Crippen LogP contribution in [-0.2, 0) is 4.74 Å². The molecule has 0 aliphatic heterocycles. The Labute approximate surface area is 103 Å². The standard InChI is InChI=1S/C14H20O3/c1-10(14(2,3)4)17-12-8-6-7-11(9-12)13(15)16-5/h6-10H,1-5H3. The molecule has 0 aromatic heterocycles. The lowest BCUT2D eigenvalue weighted by molar-refractivity contribution is 0.0599. The molecular weight excluding hydrogens is 216 g/mol. The number of methoxy groups -OCH3 is 1. The maximum atomic E-state index is 11.4. The highest BCUT2D eigenvalue weighted by Gasteiger charge is 2.21. The molecule has 1 atom stereocenters. The second kappa shape index (κ2) is 5.21. The van der Waals surface area contributed by atoms with Crippen LogP contribution in [0.15, 0.2) is 24.3 Å². The Bertz CT molecular complexity index is 391. The molecule has 0 saturated carbocycles. The van der Waals surface area contributed by atoms with Gasteiger partial charge in [-0.2, -0.15) is 0 Å². The van der Waals surface area contributed by atoms with Crippen molar-refractivity contribution in [3.8, 4) is 5.75 Å². The van der Waals surface area contributed by atoms with Gasteiger partial charge in [0.2, 0.25) is 0 Å². The summed E-state index contributed by atoms with van der Waals surface area (Å²) in [5, 5.41) is 0. The monoisotopic (exact) mass is 236 g/mol. The highest BCUT2D eigenvalue weighted by Crippen LogP contribution is 2.25. The van der Waals surface area contributed by atoms with Crippen molar-refractivity contribution in [1.29, 1.82) is 0 Å². The summed E-state index contributed by atoms with van der Waals surface area (Å²) in [5.41, 5.74) is 0.562. The molecule has 0 amide bonds. The Morgan fingerprint density at radius 3 is 2.47 bits per heavy atom. The van der Waals surface area contributed by atoms with Crippen molar-refractivity contribution in [2.75, 3.05) is 7.11 Å². The SMILES string of the molecule is COC(=O)c1cccc(OC(C)C(C)(C)C)c1. The number of carbonyl (C=O) groups is 1. The average molecular weight is 236 g/mol. The molecule has 1 unspecified atom stereocenters. The lowest BCUT2D eigenvalue weighted by Gasteiger charge is -2.28. The minimum atomic E-state index is -0.348. The molecule has 0 heterocycles. The van der Waals surface area contributed by atoms with Crippen LogP contribution in [0, 0.1) is 5.41 Å². The van der Waals surface area contributed by atoms with Crippen molar-refractivity contribution in [2.45, 2.75) is 33.8 Å². The van der Waals surface area contributed by atoms with Gasteiger partial charge in [0.15, 0.2) is 0 Å². The molecule has 1 aromatic carbocycles.